The van der Waals surface area contributed by atoms with E-state index in [1.807, 2.05) is 60.4 Å². The Morgan fingerprint density at radius 3 is 2.64 bits per heavy atom. The number of aliphatic hydroxyl groups excluding tert-OH is 1. The average molecular weight is 531 g/mol. The molecule has 0 spiro atoms. The first-order valence-corrected chi connectivity index (χ1v) is 13.9. The number of ether oxygens (including phenoxy) is 1. The van der Waals surface area contributed by atoms with Gasteiger partial charge in [-0.2, -0.15) is 0 Å². The van der Waals surface area contributed by atoms with Gasteiger partial charge in [0.25, 0.3) is 5.91 Å². The molecule has 0 radical (unpaired) electrons. The van der Waals surface area contributed by atoms with Crippen molar-refractivity contribution in [2.75, 3.05) is 20.2 Å². The van der Waals surface area contributed by atoms with Crippen LogP contribution in [0.4, 0.5) is 4.39 Å². The minimum absolute atomic E-state index is 0.0272. The quantitative estimate of drug-likeness (QED) is 0.303. The summed E-state index contributed by atoms with van der Waals surface area (Å²) in [4.78, 5) is 20.5. The van der Waals surface area contributed by atoms with E-state index >= 15 is 0 Å². The van der Waals surface area contributed by atoms with E-state index in [1.165, 1.54) is 19.2 Å². The molecule has 2 heterocycles. The zero-order chi connectivity index (χ0) is 27.6. The Bertz CT molecular complexity index is 1220. The maximum atomic E-state index is 13.5. The molecule has 39 heavy (non-hydrogen) atoms. The fourth-order valence-corrected chi connectivity index (χ4v) is 5.19. The van der Waals surface area contributed by atoms with Crippen molar-refractivity contribution in [3.05, 3.63) is 107 Å². The molecule has 0 bridgehead atoms. The van der Waals surface area contributed by atoms with Gasteiger partial charge in [-0.15, -0.1) is 0 Å². The van der Waals surface area contributed by atoms with Crippen molar-refractivity contribution in [2.24, 2.45) is 4.99 Å². The Balaban J connectivity index is 1.51. The highest BCUT2D eigenvalue weighted by molar-refractivity contribution is 6.12. The summed E-state index contributed by atoms with van der Waals surface area (Å²) in [5, 5.41) is 9.75. The number of unbranched alkanes of at least 4 members (excludes halogenated alkanes) is 1. The number of benzene rings is 2. The lowest BCUT2D eigenvalue weighted by Gasteiger charge is -2.19. The molecule has 1 N–H and O–H groups in total. The third-order valence-electron chi connectivity index (χ3n) is 7.42. The smallest absolute Gasteiger partial charge is 0.253 e. The molecule has 4 rings (SSSR count). The number of aliphatic imine (C=N–C) groups is 1. The number of aliphatic hydroxyl groups is 1. The maximum Gasteiger partial charge on any atom is 0.253 e. The van der Waals surface area contributed by atoms with Gasteiger partial charge in [0.1, 0.15) is 5.82 Å². The van der Waals surface area contributed by atoms with Gasteiger partial charge in [0.15, 0.2) is 6.29 Å². The molecule has 3 unspecified atom stereocenters. The third kappa shape index (κ3) is 8.07. The van der Waals surface area contributed by atoms with E-state index in [4.69, 9.17) is 9.73 Å². The summed E-state index contributed by atoms with van der Waals surface area (Å²) in [5.74, 6) is 0.00631. The van der Waals surface area contributed by atoms with E-state index in [-0.39, 0.29) is 23.7 Å². The molecule has 5 nitrogen and oxygen atoms in total. The van der Waals surface area contributed by atoms with Gasteiger partial charge in [0, 0.05) is 31.7 Å². The molecule has 2 aromatic carbocycles. The lowest BCUT2D eigenvalue weighted by atomic mass is 9.95. The largest absolute Gasteiger partial charge is 0.368 e. The first-order chi connectivity index (χ1) is 18.9. The van der Waals surface area contributed by atoms with Crippen LogP contribution in [-0.4, -0.2) is 54.2 Å². The van der Waals surface area contributed by atoms with Crippen molar-refractivity contribution in [1.82, 2.24) is 4.90 Å². The number of carbonyl (C=O) groups is 1. The number of halogens is 1. The van der Waals surface area contributed by atoms with Crippen LogP contribution in [0.3, 0.4) is 0 Å². The molecule has 1 saturated heterocycles. The van der Waals surface area contributed by atoms with Gasteiger partial charge in [-0.05, 0) is 74.3 Å². The van der Waals surface area contributed by atoms with Crippen molar-refractivity contribution >= 4 is 11.6 Å². The Morgan fingerprint density at radius 1 is 1.13 bits per heavy atom. The Labute approximate surface area is 231 Å². The van der Waals surface area contributed by atoms with Crippen molar-refractivity contribution in [1.29, 1.82) is 0 Å². The van der Waals surface area contributed by atoms with Gasteiger partial charge < -0.3 is 14.7 Å². The summed E-state index contributed by atoms with van der Waals surface area (Å²) < 4.78 is 18.3. The number of carbonyl (C=O) groups excluding carboxylic acids is 1. The summed E-state index contributed by atoms with van der Waals surface area (Å²) in [7, 11) is 1.51. The molecule has 206 valence electrons. The second-order valence-corrected chi connectivity index (χ2v) is 10.3. The third-order valence-corrected chi connectivity index (χ3v) is 7.42. The topological polar surface area (TPSA) is 62.1 Å². The number of likely N-dealkylation sites (tertiary alicyclic amines) is 1. The van der Waals surface area contributed by atoms with Crippen molar-refractivity contribution in [3.8, 4) is 0 Å². The minimum Gasteiger partial charge on any atom is -0.368 e. The van der Waals surface area contributed by atoms with Gasteiger partial charge in [-0.25, -0.2) is 4.39 Å². The first-order valence-electron chi connectivity index (χ1n) is 13.9. The van der Waals surface area contributed by atoms with Crippen molar-refractivity contribution in [3.63, 3.8) is 0 Å². The Morgan fingerprint density at radius 2 is 1.90 bits per heavy atom. The van der Waals surface area contributed by atoms with Gasteiger partial charge in [0.05, 0.1) is 11.8 Å². The molecule has 3 atom stereocenters. The second-order valence-electron chi connectivity index (χ2n) is 10.3. The average Bonchev–Trinajstić information content (AvgIpc) is 3.45. The fourth-order valence-electron chi connectivity index (χ4n) is 5.19. The second kappa shape index (κ2) is 14.2. The lowest BCUT2D eigenvalue weighted by molar-refractivity contribution is -0.125. The fraction of sp³-hybridized carbons (Fsp3) is 0.394. The molecular formula is C33H39FN2O3. The molecule has 1 fully saturated rings. The van der Waals surface area contributed by atoms with Gasteiger partial charge >= 0.3 is 0 Å². The van der Waals surface area contributed by atoms with Gasteiger partial charge in [-0.3, -0.25) is 9.79 Å². The van der Waals surface area contributed by atoms with E-state index in [1.54, 1.807) is 0 Å². The lowest BCUT2D eigenvalue weighted by Crippen LogP contribution is -2.29. The molecular weight excluding hydrogens is 491 g/mol. The highest BCUT2D eigenvalue weighted by Gasteiger charge is 2.28. The van der Waals surface area contributed by atoms with E-state index in [0.717, 1.165) is 48.1 Å². The molecule has 0 saturated carbocycles. The minimum atomic E-state index is -0.736. The van der Waals surface area contributed by atoms with Crippen molar-refractivity contribution < 1.29 is 19.0 Å². The van der Waals surface area contributed by atoms with Crippen LogP contribution < -0.4 is 0 Å². The van der Waals surface area contributed by atoms with Gasteiger partial charge in [-0.1, -0.05) is 66.8 Å². The summed E-state index contributed by atoms with van der Waals surface area (Å²) in [6.07, 6.45) is 12.0. The van der Waals surface area contributed by atoms with Crippen LogP contribution in [0.2, 0.25) is 0 Å². The van der Waals surface area contributed by atoms with Crippen LogP contribution in [-0.2, 0) is 9.53 Å². The maximum absolute atomic E-state index is 13.5. The number of rotatable bonds is 9. The van der Waals surface area contributed by atoms with Crippen molar-refractivity contribution in [2.45, 2.75) is 63.7 Å². The number of hydrogen-bond donors (Lipinski definition) is 1. The van der Waals surface area contributed by atoms with E-state index in [2.05, 4.69) is 18.2 Å². The van der Waals surface area contributed by atoms with Gasteiger partial charge in [0.2, 0.25) is 0 Å². The molecule has 1 amide bonds. The van der Waals surface area contributed by atoms with Crippen LogP contribution in [0.1, 0.15) is 62.5 Å². The molecule has 2 aromatic rings. The summed E-state index contributed by atoms with van der Waals surface area (Å²) in [5.41, 5.74) is 4.95. The zero-order valence-electron chi connectivity index (χ0n) is 22.9. The standard InChI is InChI=1S/C33H39FN2O3/c1-24-15-16-28(33(38)36-22-21-29(23-36)25-17-19-30(34)20-18-25)13-8-12-27(11-6-7-14-31(37)39-2)32(35-24)26-9-4-3-5-10-26/h3-5,9-10,12-13,15-20,24,29,31,37H,6-8,11,14,21-23H2,1-2H3. The highest BCUT2D eigenvalue weighted by atomic mass is 19.1. The number of amides is 1. The summed E-state index contributed by atoms with van der Waals surface area (Å²) in [6.45, 7) is 3.36. The molecule has 6 heteroatoms. The molecule has 0 aromatic heterocycles. The summed E-state index contributed by atoms with van der Waals surface area (Å²) in [6, 6.07) is 16.7. The monoisotopic (exact) mass is 530 g/mol. The Kier molecular flexibility index (Phi) is 10.4. The highest BCUT2D eigenvalue weighted by Crippen LogP contribution is 2.29. The summed E-state index contributed by atoms with van der Waals surface area (Å²) >= 11 is 0. The normalized spacial score (nSPS) is 20.7. The predicted molar refractivity (Wildman–Crippen MR) is 154 cm³/mol. The first kappa shape index (κ1) is 28.7. The van der Waals surface area contributed by atoms with Crippen LogP contribution in [0.5, 0.6) is 0 Å². The predicted octanol–water partition coefficient (Wildman–Crippen LogP) is 6.36. The van der Waals surface area contributed by atoms with E-state index in [0.29, 0.717) is 31.5 Å². The Hall–Kier alpha value is -3.35. The van der Waals surface area contributed by atoms with E-state index in [9.17, 15) is 14.3 Å². The number of methoxy groups -OCH3 is 1. The van der Waals surface area contributed by atoms with E-state index < -0.39 is 6.29 Å². The number of hydrogen-bond acceptors (Lipinski definition) is 4. The molecule has 0 aliphatic carbocycles. The van der Waals surface area contributed by atoms with Crippen LogP contribution in [0, 0.1) is 5.82 Å². The zero-order valence-corrected chi connectivity index (χ0v) is 22.9. The van der Waals surface area contributed by atoms with Crippen LogP contribution in [0.15, 0.2) is 95.0 Å². The molecule has 2 aliphatic rings. The number of nitrogens with zero attached hydrogens (tertiary/aromatic N) is 2. The van der Waals surface area contributed by atoms with Crippen LogP contribution in [0.25, 0.3) is 0 Å². The SMILES string of the molecule is COC(O)CCCCC1=CCC=C(C(=O)N2CCC(c3ccc(F)cc3)C2)C=CC(C)N=C1c1ccccc1. The number of allylic oxidation sites excluding steroid dienone is 3. The van der Waals surface area contributed by atoms with Crippen LogP contribution >= 0.6 is 0 Å². The molecule has 2 aliphatic heterocycles.